The van der Waals surface area contributed by atoms with E-state index in [2.05, 4.69) is 25.4 Å². The molecule has 5 rings (SSSR count). The minimum atomic E-state index is -1.17. The van der Waals surface area contributed by atoms with Crippen molar-refractivity contribution in [3.8, 4) is 5.69 Å². The number of anilines is 1. The van der Waals surface area contributed by atoms with E-state index in [9.17, 15) is 9.90 Å². The molecular weight excluding hydrogens is 548 g/mol. The van der Waals surface area contributed by atoms with Crippen LogP contribution in [0.15, 0.2) is 63.9 Å². The van der Waals surface area contributed by atoms with Crippen molar-refractivity contribution in [2.75, 3.05) is 18.0 Å². The van der Waals surface area contributed by atoms with Crippen LogP contribution in [0.2, 0.25) is 0 Å². The monoisotopic (exact) mass is 574 g/mol. The normalized spacial score (nSPS) is 20.4. The smallest absolute Gasteiger partial charge is 0.318 e. The van der Waals surface area contributed by atoms with E-state index in [4.69, 9.17) is 0 Å². The molecule has 2 aliphatic rings. The summed E-state index contributed by atoms with van der Waals surface area (Å²) in [6, 6.07) is 17.6. The zero-order chi connectivity index (χ0) is 22.5. The average molecular weight is 576 g/mol. The third-order valence-corrected chi connectivity index (χ3v) is 7.36. The molecule has 6 nitrogen and oxygen atoms in total. The van der Waals surface area contributed by atoms with Crippen molar-refractivity contribution in [2.45, 2.75) is 38.3 Å². The second-order valence-corrected chi connectivity index (χ2v) is 9.61. The van der Waals surface area contributed by atoms with E-state index >= 15 is 0 Å². The van der Waals surface area contributed by atoms with Crippen LogP contribution in [0, 0.1) is 6.92 Å². The summed E-state index contributed by atoms with van der Waals surface area (Å²) in [6.07, 6.45) is 4.04. The Balaban J connectivity index is 0.00000259. The van der Waals surface area contributed by atoms with E-state index in [0.29, 0.717) is 12.2 Å². The third kappa shape index (κ3) is 3.92. The summed E-state index contributed by atoms with van der Waals surface area (Å²) in [6.45, 7) is 3.09. The second-order valence-electron chi connectivity index (χ2n) is 8.70. The molecule has 2 aliphatic heterocycles. The van der Waals surface area contributed by atoms with Crippen molar-refractivity contribution < 1.29 is 26.7 Å². The maximum atomic E-state index is 13.7. The first-order chi connectivity index (χ1) is 15.4. The second kappa shape index (κ2) is 9.24. The fourth-order valence-corrected chi connectivity index (χ4v) is 5.37. The summed E-state index contributed by atoms with van der Waals surface area (Å²) in [4.78, 5) is 15.8. The molecule has 2 aromatic carbocycles. The number of aromatic nitrogens is 2. The Kier molecular flexibility index (Phi) is 6.71. The molecule has 1 N–H and O–H groups in total. The summed E-state index contributed by atoms with van der Waals surface area (Å²) >= 11 is 3.50. The lowest BCUT2D eigenvalue weighted by molar-refractivity contribution is -0.658. The van der Waals surface area contributed by atoms with Gasteiger partial charge in [0.1, 0.15) is 0 Å². The molecule has 0 bridgehead atoms. The van der Waals surface area contributed by atoms with Crippen LogP contribution < -0.4 is 27.4 Å². The highest BCUT2D eigenvalue weighted by Gasteiger charge is 2.53. The summed E-state index contributed by atoms with van der Waals surface area (Å²) in [5.74, 6) is 1.04. The molecule has 1 aromatic heterocycles. The molecule has 0 spiro atoms. The Morgan fingerprint density at radius 3 is 2.42 bits per heavy atom. The van der Waals surface area contributed by atoms with Crippen LogP contribution >= 0.6 is 15.9 Å². The molecular formula is C25H28Br2N4O2. The Morgan fingerprint density at radius 2 is 1.73 bits per heavy atom. The first-order valence-electron chi connectivity index (χ1n) is 11.2. The molecule has 1 atom stereocenters. The van der Waals surface area contributed by atoms with Gasteiger partial charge in [0.15, 0.2) is 6.54 Å². The lowest BCUT2D eigenvalue weighted by atomic mass is 10.0. The number of hydrogen-bond acceptors (Lipinski definition) is 3. The van der Waals surface area contributed by atoms with Crippen LogP contribution in [0.4, 0.5) is 5.69 Å². The van der Waals surface area contributed by atoms with E-state index in [1.807, 2.05) is 73.3 Å². The SMILES string of the molecule is Cc1c(N2CC(O)(c3ccc(Br)cc3)[N+]3=C2CCCCC3)c(=O)n(-c2ccccc2)n1C.[Br-]. The Hall–Kier alpha value is -2.16. The van der Waals surface area contributed by atoms with Gasteiger partial charge in [0, 0.05) is 23.5 Å². The summed E-state index contributed by atoms with van der Waals surface area (Å²) in [5, 5.41) is 12.0. The molecule has 3 aromatic rings. The summed E-state index contributed by atoms with van der Waals surface area (Å²) in [7, 11) is 1.92. The standard InChI is InChI=1S/C25H28BrN4O2.BrH/c1-18-23(24(31)30(27(18)2)21-9-5-3-6-10-21)28-17-25(32,19-12-14-20(26)15-13-19)29-16-8-4-7-11-22(28)29;/h3,5-6,9-10,12-15,32H,4,7-8,11,16-17H2,1-2H3;1H/q+1;/p-1. The third-order valence-electron chi connectivity index (χ3n) is 6.83. The van der Waals surface area contributed by atoms with Crippen LogP contribution in [-0.2, 0) is 12.8 Å². The number of rotatable bonds is 3. The van der Waals surface area contributed by atoms with Gasteiger partial charge in [-0.25, -0.2) is 14.2 Å². The lowest BCUT2D eigenvalue weighted by Gasteiger charge is -2.23. The van der Waals surface area contributed by atoms with Gasteiger partial charge >= 0.3 is 5.56 Å². The number of nitrogens with zero attached hydrogens (tertiary/aromatic N) is 4. The van der Waals surface area contributed by atoms with Crippen LogP contribution in [0.5, 0.6) is 0 Å². The quantitative estimate of drug-likeness (QED) is 0.472. The van der Waals surface area contributed by atoms with Crippen molar-refractivity contribution in [3.63, 3.8) is 0 Å². The molecule has 174 valence electrons. The van der Waals surface area contributed by atoms with Crippen molar-refractivity contribution in [1.29, 1.82) is 0 Å². The number of halogens is 2. The number of amidine groups is 1. The topological polar surface area (TPSA) is 53.4 Å². The number of hydrogen-bond donors (Lipinski definition) is 1. The predicted octanol–water partition coefficient (Wildman–Crippen LogP) is 0.901. The van der Waals surface area contributed by atoms with Gasteiger partial charge in [0.2, 0.25) is 5.69 Å². The first-order valence-corrected chi connectivity index (χ1v) is 11.9. The van der Waals surface area contributed by atoms with Gasteiger partial charge in [-0.15, -0.1) is 0 Å². The molecule has 8 heteroatoms. The maximum absolute atomic E-state index is 13.7. The van der Waals surface area contributed by atoms with Crippen molar-refractivity contribution in [3.05, 3.63) is 80.7 Å². The van der Waals surface area contributed by atoms with Crippen LogP contribution in [-0.4, -0.2) is 38.0 Å². The zero-order valence-corrected chi connectivity index (χ0v) is 22.0. The van der Waals surface area contributed by atoms with Crippen LogP contribution in [0.1, 0.15) is 36.9 Å². The molecule has 3 heterocycles. The number of β-amino-alcohol motifs (C(OH)–C–C–N with tert-alkyl or cyclic N) is 1. The Bertz CT molecular complexity index is 1250. The highest BCUT2D eigenvalue weighted by molar-refractivity contribution is 9.10. The van der Waals surface area contributed by atoms with Gasteiger partial charge in [-0.3, -0.25) is 9.48 Å². The molecule has 0 amide bonds. The van der Waals surface area contributed by atoms with Crippen molar-refractivity contribution in [2.24, 2.45) is 7.05 Å². The van der Waals surface area contributed by atoms with Crippen molar-refractivity contribution in [1.82, 2.24) is 9.36 Å². The van der Waals surface area contributed by atoms with Gasteiger partial charge in [0.05, 0.1) is 17.9 Å². The molecule has 0 radical (unpaired) electrons. The van der Waals surface area contributed by atoms with Gasteiger partial charge < -0.3 is 22.1 Å². The Morgan fingerprint density at radius 1 is 1.03 bits per heavy atom. The molecule has 0 aliphatic carbocycles. The fraction of sp³-hybridized carbons (Fsp3) is 0.360. The molecule has 33 heavy (non-hydrogen) atoms. The largest absolute Gasteiger partial charge is 1.00 e. The number of aliphatic hydroxyl groups is 1. The van der Waals surface area contributed by atoms with Crippen LogP contribution in [0.3, 0.4) is 0 Å². The van der Waals surface area contributed by atoms with E-state index in [0.717, 1.165) is 59.5 Å². The summed E-state index contributed by atoms with van der Waals surface area (Å²) in [5.41, 5.74) is 1.97. The highest BCUT2D eigenvalue weighted by atomic mass is 79.9. The van der Waals surface area contributed by atoms with Gasteiger partial charge in [0.25, 0.3) is 11.6 Å². The molecule has 0 saturated carbocycles. The van der Waals surface area contributed by atoms with Gasteiger partial charge in [-0.1, -0.05) is 46.3 Å². The van der Waals surface area contributed by atoms with E-state index in [1.54, 1.807) is 4.68 Å². The Labute approximate surface area is 212 Å². The molecule has 1 unspecified atom stereocenters. The number of benzene rings is 2. The zero-order valence-electron chi connectivity index (χ0n) is 18.8. The van der Waals surface area contributed by atoms with Crippen molar-refractivity contribution >= 4 is 27.5 Å². The van der Waals surface area contributed by atoms with Gasteiger partial charge in [-0.2, -0.15) is 0 Å². The van der Waals surface area contributed by atoms with E-state index in [1.165, 1.54) is 0 Å². The first kappa shape index (κ1) is 24.0. The molecule has 0 fully saturated rings. The van der Waals surface area contributed by atoms with Gasteiger partial charge in [-0.05, 0) is 50.5 Å². The fourth-order valence-electron chi connectivity index (χ4n) is 5.11. The lowest BCUT2D eigenvalue weighted by Crippen LogP contribution is -3.00. The average Bonchev–Trinajstić information content (AvgIpc) is 3.05. The predicted molar refractivity (Wildman–Crippen MR) is 130 cm³/mol. The van der Waals surface area contributed by atoms with E-state index in [-0.39, 0.29) is 22.5 Å². The van der Waals surface area contributed by atoms with Crippen LogP contribution in [0.25, 0.3) is 5.69 Å². The minimum absolute atomic E-state index is 0. The van der Waals surface area contributed by atoms with E-state index < -0.39 is 5.72 Å². The maximum Gasteiger partial charge on any atom is 0.318 e. The number of para-hydroxylation sites is 1. The highest BCUT2D eigenvalue weighted by Crippen LogP contribution is 2.36. The summed E-state index contributed by atoms with van der Waals surface area (Å²) < 4.78 is 6.72. The minimum Gasteiger partial charge on any atom is -1.00 e. The molecule has 0 saturated heterocycles.